The number of hydrogen-bond donors (Lipinski definition) is 0. The Balaban J connectivity index is 2.51. The molecule has 1 saturated heterocycles. The van der Waals surface area contributed by atoms with Gasteiger partial charge in [-0.15, -0.1) is 0 Å². The van der Waals surface area contributed by atoms with Crippen molar-refractivity contribution in [1.29, 1.82) is 5.26 Å². The van der Waals surface area contributed by atoms with E-state index in [1.54, 1.807) is 0 Å². The van der Waals surface area contributed by atoms with Crippen LogP contribution >= 0.6 is 0 Å². The lowest BCUT2D eigenvalue weighted by Gasteiger charge is -2.30. The first-order valence-electron chi connectivity index (χ1n) is 6.65. The van der Waals surface area contributed by atoms with E-state index < -0.39 is 11.9 Å². The van der Waals surface area contributed by atoms with Gasteiger partial charge in [-0.3, -0.25) is 0 Å². The van der Waals surface area contributed by atoms with Gasteiger partial charge in [0.1, 0.15) is 17.6 Å². The fourth-order valence-electron chi connectivity index (χ4n) is 2.74. The molecule has 2 rings (SSSR count). The van der Waals surface area contributed by atoms with Gasteiger partial charge in [0, 0.05) is 12.1 Å². The smallest absolute Gasteiger partial charge is 0.350 e. The summed E-state index contributed by atoms with van der Waals surface area (Å²) in [6.07, 6.45) is -1.84. The second-order valence-electron chi connectivity index (χ2n) is 5.07. The highest BCUT2D eigenvalue weighted by Gasteiger charge is 2.36. The molecular weight excluding hydrogens is 267 g/mol. The predicted molar refractivity (Wildman–Crippen MR) is 69.2 cm³/mol. The van der Waals surface area contributed by atoms with Crippen LogP contribution in [0.25, 0.3) is 0 Å². The van der Waals surface area contributed by atoms with Gasteiger partial charge in [-0.1, -0.05) is 6.92 Å². The van der Waals surface area contributed by atoms with Crippen LogP contribution in [0.3, 0.4) is 0 Å². The quantitative estimate of drug-likeness (QED) is 0.830. The van der Waals surface area contributed by atoms with Crippen LogP contribution in [0.1, 0.15) is 44.4 Å². The van der Waals surface area contributed by atoms with Crippen molar-refractivity contribution in [1.82, 2.24) is 4.98 Å². The van der Waals surface area contributed by atoms with Gasteiger partial charge in [-0.05, 0) is 38.3 Å². The third-order valence-electron chi connectivity index (χ3n) is 3.79. The average molecular weight is 283 g/mol. The second kappa shape index (κ2) is 5.31. The number of aromatic nitrogens is 1. The van der Waals surface area contributed by atoms with Crippen LogP contribution in [0.15, 0.2) is 12.1 Å². The maximum Gasteiger partial charge on any atom is 0.433 e. The van der Waals surface area contributed by atoms with Gasteiger partial charge in [0.2, 0.25) is 0 Å². The van der Waals surface area contributed by atoms with Crippen LogP contribution in [-0.2, 0) is 6.18 Å². The van der Waals surface area contributed by atoms with Crippen LogP contribution in [0.5, 0.6) is 0 Å². The number of hydrogen-bond acceptors (Lipinski definition) is 3. The van der Waals surface area contributed by atoms with Gasteiger partial charge in [-0.2, -0.15) is 18.4 Å². The van der Waals surface area contributed by atoms with E-state index in [0.717, 1.165) is 25.3 Å². The van der Waals surface area contributed by atoms with Crippen LogP contribution < -0.4 is 4.90 Å². The Labute approximate surface area is 116 Å². The molecule has 0 aliphatic carbocycles. The lowest BCUT2D eigenvalue weighted by Crippen LogP contribution is -2.35. The molecule has 2 atom stereocenters. The van der Waals surface area contributed by atoms with E-state index in [0.29, 0.717) is 0 Å². The maximum atomic E-state index is 12.8. The Morgan fingerprint density at radius 2 is 2.10 bits per heavy atom. The Kier molecular flexibility index (Phi) is 3.89. The molecule has 0 amide bonds. The molecule has 0 saturated carbocycles. The largest absolute Gasteiger partial charge is 0.433 e. The van der Waals surface area contributed by atoms with E-state index in [9.17, 15) is 13.2 Å². The van der Waals surface area contributed by atoms with Crippen molar-refractivity contribution in [2.75, 3.05) is 4.90 Å². The molecule has 1 aliphatic heterocycles. The fourth-order valence-corrected chi connectivity index (χ4v) is 2.74. The molecule has 0 bridgehead atoms. The number of halogens is 3. The van der Waals surface area contributed by atoms with Crippen LogP contribution in [-0.4, -0.2) is 17.1 Å². The third-order valence-corrected chi connectivity index (χ3v) is 3.79. The molecule has 1 aromatic rings. The molecule has 0 aromatic carbocycles. The highest BCUT2D eigenvalue weighted by molar-refractivity contribution is 5.56. The van der Waals surface area contributed by atoms with Crippen molar-refractivity contribution in [2.45, 2.75) is 51.4 Å². The summed E-state index contributed by atoms with van der Waals surface area (Å²) in [6, 6.07) is 4.27. The number of anilines is 1. The number of alkyl halides is 3. The monoisotopic (exact) mass is 283 g/mol. The number of nitrogens with zero attached hydrogens (tertiary/aromatic N) is 3. The number of pyridine rings is 1. The van der Waals surface area contributed by atoms with Crippen LogP contribution in [0, 0.1) is 11.3 Å². The molecular formula is C14H16F3N3. The first-order chi connectivity index (χ1) is 9.38. The van der Waals surface area contributed by atoms with E-state index >= 15 is 0 Å². The third kappa shape index (κ3) is 2.58. The first-order valence-corrected chi connectivity index (χ1v) is 6.65. The lowest BCUT2D eigenvalue weighted by atomic mass is 10.1. The van der Waals surface area contributed by atoms with Crippen molar-refractivity contribution in [3.05, 3.63) is 23.4 Å². The number of nitriles is 1. The lowest BCUT2D eigenvalue weighted by molar-refractivity contribution is -0.141. The SMILES string of the molecule is CCC1CCC(C)N1c1nc(C(F)(F)F)ccc1C#N. The molecule has 1 aromatic heterocycles. The summed E-state index contributed by atoms with van der Waals surface area (Å²) < 4.78 is 38.4. The molecule has 2 unspecified atom stereocenters. The van der Waals surface area contributed by atoms with Crippen molar-refractivity contribution in [3.8, 4) is 6.07 Å². The van der Waals surface area contributed by atoms with E-state index in [2.05, 4.69) is 4.98 Å². The van der Waals surface area contributed by atoms with E-state index in [1.807, 2.05) is 24.8 Å². The maximum absolute atomic E-state index is 12.8. The van der Waals surface area contributed by atoms with Crippen LogP contribution in [0.4, 0.5) is 19.0 Å². The normalized spacial score (nSPS) is 22.9. The Morgan fingerprint density at radius 3 is 2.65 bits per heavy atom. The van der Waals surface area contributed by atoms with Gasteiger partial charge in [0.25, 0.3) is 0 Å². The van der Waals surface area contributed by atoms with Gasteiger partial charge in [0.15, 0.2) is 0 Å². The highest BCUT2D eigenvalue weighted by atomic mass is 19.4. The minimum Gasteiger partial charge on any atom is -0.350 e. The zero-order valence-corrected chi connectivity index (χ0v) is 11.4. The van der Waals surface area contributed by atoms with Crippen molar-refractivity contribution >= 4 is 5.82 Å². The topological polar surface area (TPSA) is 39.9 Å². The molecule has 0 spiro atoms. The standard InChI is InChI=1S/C14H16F3N3/c1-3-11-6-4-9(2)20(11)13-10(8-18)5-7-12(19-13)14(15,16)17/h5,7,9,11H,3-4,6H2,1-2H3. The molecule has 108 valence electrons. The van der Waals surface area contributed by atoms with Crippen molar-refractivity contribution in [3.63, 3.8) is 0 Å². The summed E-state index contributed by atoms with van der Waals surface area (Å²) in [5, 5.41) is 9.12. The Bertz CT molecular complexity index is 533. The summed E-state index contributed by atoms with van der Waals surface area (Å²) in [4.78, 5) is 5.59. The molecule has 3 nitrogen and oxygen atoms in total. The van der Waals surface area contributed by atoms with Gasteiger partial charge in [-0.25, -0.2) is 4.98 Å². The molecule has 0 N–H and O–H groups in total. The van der Waals surface area contributed by atoms with Gasteiger partial charge < -0.3 is 4.90 Å². The molecule has 0 radical (unpaired) electrons. The number of rotatable bonds is 2. The summed E-state index contributed by atoms with van der Waals surface area (Å²) in [7, 11) is 0. The Morgan fingerprint density at radius 1 is 1.40 bits per heavy atom. The predicted octanol–water partition coefficient (Wildman–Crippen LogP) is 3.74. The van der Waals surface area contributed by atoms with Crippen molar-refractivity contribution < 1.29 is 13.2 Å². The summed E-state index contributed by atoms with van der Waals surface area (Å²) in [5.74, 6) is 0.166. The molecule has 1 aliphatic rings. The molecule has 2 heterocycles. The Hall–Kier alpha value is -1.77. The molecule has 20 heavy (non-hydrogen) atoms. The zero-order chi connectivity index (χ0) is 14.9. The molecule has 1 fully saturated rings. The minimum absolute atomic E-state index is 0.100. The van der Waals surface area contributed by atoms with Crippen molar-refractivity contribution in [2.24, 2.45) is 0 Å². The zero-order valence-electron chi connectivity index (χ0n) is 11.4. The minimum atomic E-state index is -4.49. The molecule has 6 heteroatoms. The summed E-state index contributed by atoms with van der Waals surface area (Å²) in [6.45, 7) is 3.95. The first kappa shape index (κ1) is 14.6. The average Bonchev–Trinajstić information content (AvgIpc) is 2.77. The van der Waals surface area contributed by atoms with E-state index in [4.69, 9.17) is 5.26 Å². The fraction of sp³-hybridized carbons (Fsp3) is 0.571. The highest BCUT2D eigenvalue weighted by Crippen LogP contribution is 2.35. The van der Waals surface area contributed by atoms with Gasteiger partial charge >= 0.3 is 6.18 Å². The van der Waals surface area contributed by atoms with Gasteiger partial charge in [0.05, 0.1) is 5.56 Å². The van der Waals surface area contributed by atoms with Crippen LogP contribution in [0.2, 0.25) is 0 Å². The summed E-state index contributed by atoms with van der Waals surface area (Å²) >= 11 is 0. The van der Waals surface area contributed by atoms with E-state index in [-0.39, 0.29) is 23.5 Å². The van der Waals surface area contributed by atoms with E-state index in [1.165, 1.54) is 6.07 Å². The summed E-state index contributed by atoms with van der Waals surface area (Å²) in [5.41, 5.74) is -0.745. The second-order valence-corrected chi connectivity index (χ2v) is 5.07.